The van der Waals surface area contributed by atoms with Crippen LogP contribution in [0.1, 0.15) is 16.8 Å². The zero-order valence-electron chi connectivity index (χ0n) is 13.7. The van der Waals surface area contributed by atoms with Crippen LogP contribution < -0.4 is 5.32 Å². The summed E-state index contributed by atoms with van der Waals surface area (Å²) < 4.78 is 5.08. The molecule has 1 unspecified atom stereocenters. The molecule has 1 aliphatic rings. The molecule has 132 valence electrons. The average molecular weight is 363 g/mol. The maximum Gasteiger partial charge on any atom is 0.323 e. The molecule has 7 heteroatoms. The zero-order valence-corrected chi connectivity index (χ0v) is 14.4. The highest BCUT2D eigenvalue weighted by Crippen LogP contribution is 2.33. The van der Waals surface area contributed by atoms with Crippen LogP contribution in [0, 0.1) is 5.41 Å². The SMILES string of the molecule is C=CCOC(=O)C1(CC(=C)Cl)CNCN(C(=O)c2ccccc2)C1=O. The summed E-state index contributed by atoms with van der Waals surface area (Å²) in [6, 6.07) is 8.36. The Kier molecular flexibility index (Phi) is 6.12. The number of amides is 2. The Hall–Kier alpha value is -2.44. The van der Waals surface area contributed by atoms with Crippen LogP contribution >= 0.6 is 11.6 Å². The summed E-state index contributed by atoms with van der Waals surface area (Å²) in [4.78, 5) is 39.3. The van der Waals surface area contributed by atoms with Crippen LogP contribution in [0.4, 0.5) is 0 Å². The quantitative estimate of drug-likeness (QED) is 0.363. The Labute approximate surface area is 151 Å². The number of rotatable bonds is 6. The number of ether oxygens (including phenoxy) is 1. The van der Waals surface area contributed by atoms with Gasteiger partial charge in [0.25, 0.3) is 5.91 Å². The van der Waals surface area contributed by atoms with Gasteiger partial charge in [-0.3, -0.25) is 24.6 Å². The Morgan fingerprint density at radius 2 is 2.04 bits per heavy atom. The number of nitrogens with one attached hydrogen (secondary N) is 1. The van der Waals surface area contributed by atoms with Crippen molar-refractivity contribution < 1.29 is 19.1 Å². The lowest BCUT2D eigenvalue weighted by Crippen LogP contribution is -2.62. The summed E-state index contributed by atoms with van der Waals surface area (Å²) in [5.41, 5.74) is -1.29. The Balaban J connectivity index is 2.35. The van der Waals surface area contributed by atoms with Crippen LogP contribution in [0.3, 0.4) is 0 Å². The van der Waals surface area contributed by atoms with Gasteiger partial charge in [-0.15, -0.1) is 0 Å². The van der Waals surface area contributed by atoms with Crippen molar-refractivity contribution in [3.8, 4) is 0 Å². The lowest BCUT2D eigenvalue weighted by atomic mass is 9.81. The zero-order chi connectivity index (χ0) is 18.4. The van der Waals surface area contributed by atoms with Crippen LogP contribution in [-0.4, -0.2) is 42.5 Å². The third-order valence-corrected chi connectivity index (χ3v) is 3.97. The van der Waals surface area contributed by atoms with Gasteiger partial charge in [-0.05, 0) is 12.1 Å². The van der Waals surface area contributed by atoms with Crippen molar-refractivity contribution in [2.45, 2.75) is 6.42 Å². The van der Waals surface area contributed by atoms with E-state index in [2.05, 4.69) is 18.5 Å². The van der Waals surface area contributed by atoms with Crippen LogP contribution in [0.15, 0.2) is 54.6 Å². The Morgan fingerprint density at radius 3 is 2.64 bits per heavy atom. The standard InChI is InChI=1S/C18H19ClN2O4/c1-3-9-25-17(24)18(10-13(2)19)11-20-12-21(16(18)23)15(22)14-7-5-4-6-8-14/h3-8,20H,1-2,9-12H2. The molecule has 1 aromatic rings. The predicted molar refractivity (Wildman–Crippen MR) is 93.7 cm³/mol. The molecule has 0 spiro atoms. The van der Waals surface area contributed by atoms with Crippen molar-refractivity contribution in [3.05, 3.63) is 60.2 Å². The number of hydrogen-bond acceptors (Lipinski definition) is 5. The van der Waals surface area contributed by atoms with E-state index in [1.54, 1.807) is 30.3 Å². The molecular formula is C18H19ClN2O4. The summed E-state index contributed by atoms with van der Waals surface area (Å²) in [5.74, 6) is -1.92. The highest BCUT2D eigenvalue weighted by Gasteiger charge is 2.53. The van der Waals surface area contributed by atoms with Crippen LogP contribution in [-0.2, 0) is 14.3 Å². The van der Waals surface area contributed by atoms with Gasteiger partial charge in [-0.2, -0.15) is 0 Å². The molecule has 1 N–H and O–H groups in total. The van der Waals surface area contributed by atoms with E-state index >= 15 is 0 Å². The van der Waals surface area contributed by atoms with E-state index in [9.17, 15) is 14.4 Å². The second-order valence-corrected chi connectivity index (χ2v) is 6.19. The second kappa shape index (κ2) is 8.09. The topological polar surface area (TPSA) is 75.7 Å². The van der Waals surface area contributed by atoms with Crippen LogP contribution in [0.25, 0.3) is 0 Å². The van der Waals surface area contributed by atoms with Gasteiger partial charge >= 0.3 is 5.97 Å². The number of allylic oxidation sites excluding steroid dienone is 1. The van der Waals surface area contributed by atoms with Crippen LogP contribution in [0.2, 0.25) is 0 Å². The van der Waals surface area contributed by atoms with E-state index in [0.717, 1.165) is 4.90 Å². The third kappa shape index (κ3) is 3.97. The van der Waals surface area contributed by atoms with Crippen molar-refractivity contribution in [3.63, 3.8) is 0 Å². The van der Waals surface area contributed by atoms with Gasteiger partial charge in [0.2, 0.25) is 5.91 Å². The van der Waals surface area contributed by atoms with E-state index < -0.39 is 23.2 Å². The Morgan fingerprint density at radius 1 is 1.36 bits per heavy atom. The van der Waals surface area contributed by atoms with Crippen molar-refractivity contribution in [1.82, 2.24) is 10.2 Å². The maximum atomic E-state index is 13.0. The first kappa shape index (κ1) is 18.9. The van der Waals surface area contributed by atoms with E-state index in [4.69, 9.17) is 16.3 Å². The predicted octanol–water partition coefficient (Wildman–Crippen LogP) is 2.07. The fraction of sp³-hybridized carbons (Fsp3) is 0.278. The molecule has 2 amide bonds. The Bertz CT molecular complexity index is 704. The smallest absolute Gasteiger partial charge is 0.323 e. The molecule has 0 saturated carbocycles. The molecule has 1 aliphatic heterocycles. The van der Waals surface area contributed by atoms with E-state index in [0.29, 0.717) is 5.56 Å². The summed E-state index contributed by atoms with van der Waals surface area (Å²) in [6.07, 6.45) is 1.27. The summed E-state index contributed by atoms with van der Waals surface area (Å²) >= 11 is 5.88. The number of nitrogens with zero attached hydrogens (tertiary/aromatic N) is 1. The number of hydrogen-bond donors (Lipinski definition) is 1. The fourth-order valence-electron chi connectivity index (χ4n) is 2.66. The lowest BCUT2D eigenvalue weighted by Gasteiger charge is -2.39. The first-order chi connectivity index (χ1) is 11.9. The summed E-state index contributed by atoms with van der Waals surface area (Å²) in [6.45, 7) is 7.01. The number of carbonyl (C=O) groups is 3. The minimum Gasteiger partial charge on any atom is -0.461 e. The second-order valence-electron chi connectivity index (χ2n) is 5.65. The van der Waals surface area contributed by atoms with Crippen molar-refractivity contribution in [2.24, 2.45) is 5.41 Å². The lowest BCUT2D eigenvalue weighted by molar-refractivity contribution is -0.165. The molecule has 1 saturated heterocycles. The average Bonchev–Trinajstić information content (AvgIpc) is 2.61. The van der Waals surface area contributed by atoms with Crippen LogP contribution in [0.5, 0.6) is 0 Å². The number of halogens is 1. The third-order valence-electron chi connectivity index (χ3n) is 3.83. The van der Waals surface area contributed by atoms with Gasteiger partial charge in [0, 0.05) is 23.6 Å². The molecule has 1 fully saturated rings. The molecular weight excluding hydrogens is 344 g/mol. The summed E-state index contributed by atoms with van der Waals surface area (Å²) in [7, 11) is 0. The first-order valence-corrected chi connectivity index (χ1v) is 8.03. The monoisotopic (exact) mass is 362 g/mol. The number of carbonyl (C=O) groups excluding carboxylic acids is 3. The van der Waals surface area contributed by atoms with Gasteiger partial charge in [-0.25, -0.2) is 0 Å². The molecule has 0 bridgehead atoms. The molecule has 1 heterocycles. The van der Waals surface area contributed by atoms with Crippen molar-refractivity contribution in [1.29, 1.82) is 0 Å². The fourth-order valence-corrected chi connectivity index (χ4v) is 2.89. The molecule has 2 rings (SSSR count). The molecule has 0 radical (unpaired) electrons. The van der Waals surface area contributed by atoms with Crippen molar-refractivity contribution >= 4 is 29.4 Å². The van der Waals surface area contributed by atoms with Crippen molar-refractivity contribution in [2.75, 3.05) is 19.8 Å². The molecule has 6 nitrogen and oxygen atoms in total. The van der Waals surface area contributed by atoms with Gasteiger partial charge in [0.15, 0.2) is 5.41 Å². The molecule has 25 heavy (non-hydrogen) atoms. The van der Waals surface area contributed by atoms with Gasteiger partial charge in [0.1, 0.15) is 6.61 Å². The molecule has 1 atom stereocenters. The minimum atomic E-state index is -1.63. The number of imide groups is 1. The molecule has 0 aliphatic carbocycles. The highest BCUT2D eigenvalue weighted by molar-refractivity contribution is 6.30. The van der Waals surface area contributed by atoms with E-state index in [-0.39, 0.29) is 31.3 Å². The maximum absolute atomic E-state index is 13.0. The summed E-state index contributed by atoms with van der Waals surface area (Å²) in [5, 5.41) is 3.05. The minimum absolute atomic E-state index is 0.00217. The normalized spacial score (nSPS) is 20.0. The highest BCUT2D eigenvalue weighted by atomic mass is 35.5. The number of benzene rings is 1. The van der Waals surface area contributed by atoms with Gasteiger partial charge in [0.05, 0.1) is 6.67 Å². The van der Waals surface area contributed by atoms with Gasteiger partial charge in [-0.1, -0.05) is 49.0 Å². The van der Waals surface area contributed by atoms with E-state index in [1.165, 1.54) is 6.08 Å². The molecule has 1 aromatic carbocycles. The molecule has 0 aromatic heterocycles. The first-order valence-electron chi connectivity index (χ1n) is 7.66. The van der Waals surface area contributed by atoms with Gasteiger partial charge < -0.3 is 4.74 Å². The van der Waals surface area contributed by atoms with E-state index in [1.807, 2.05) is 0 Å². The number of esters is 1. The largest absolute Gasteiger partial charge is 0.461 e.